The Bertz CT molecular complexity index is 1250. The fraction of sp³-hybridized carbons (Fsp3) is 0.231. The molecule has 1 amide bonds. The Morgan fingerprint density at radius 3 is 2.45 bits per heavy atom. The van der Waals surface area contributed by atoms with E-state index in [9.17, 15) is 14.7 Å². The van der Waals surface area contributed by atoms with Gasteiger partial charge < -0.3 is 14.3 Å². The first-order valence-electron chi connectivity index (χ1n) is 10.4. The number of halogens is 1. The van der Waals surface area contributed by atoms with Crippen molar-refractivity contribution in [2.45, 2.75) is 32.2 Å². The van der Waals surface area contributed by atoms with Gasteiger partial charge in [-0.3, -0.25) is 14.5 Å². The number of Topliss-reactive ketones (excluding diaryl/α,β-unsaturated/α-hetero) is 1. The summed E-state index contributed by atoms with van der Waals surface area (Å²) >= 11 is 6.15. The van der Waals surface area contributed by atoms with E-state index in [1.54, 1.807) is 48.5 Å². The highest BCUT2D eigenvalue weighted by molar-refractivity contribution is 6.51. The summed E-state index contributed by atoms with van der Waals surface area (Å²) in [7, 11) is 1.48. The molecular formula is C26H24ClNO5. The lowest BCUT2D eigenvalue weighted by atomic mass is 9.85. The smallest absolute Gasteiger partial charge is 0.300 e. The number of carbonyl (C=O) groups excluding carboxylic acids is 2. The molecule has 6 nitrogen and oxygen atoms in total. The van der Waals surface area contributed by atoms with E-state index in [0.29, 0.717) is 27.8 Å². The predicted molar refractivity (Wildman–Crippen MR) is 127 cm³/mol. The molecule has 1 saturated heterocycles. The zero-order valence-electron chi connectivity index (χ0n) is 18.8. The van der Waals surface area contributed by atoms with Crippen molar-refractivity contribution < 1.29 is 23.8 Å². The van der Waals surface area contributed by atoms with Gasteiger partial charge in [0.25, 0.3) is 11.7 Å². The number of anilines is 1. The lowest BCUT2D eigenvalue weighted by Crippen LogP contribution is -2.29. The van der Waals surface area contributed by atoms with Crippen LogP contribution in [0.5, 0.6) is 5.75 Å². The van der Waals surface area contributed by atoms with Crippen LogP contribution in [0.1, 0.15) is 43.7 Å². The fourth-order valence-corrected chi connectivity index (χ4v) is 4.13. The third kappa shape index (κ3) is 4.02. The van der Waals surface area contributed by atoms with Crippen LogP contribution in [0.2, 0.25) is 5.02 Å². The molecule has 0 aliphatic carbocycles. The summed E-state index contributed by atoms with van der Waals surface area (Å²) in [5.74, 6) is -1.22. The minimum Gasteiger partial charge on any atom is -0.507 e. The number of amides is 1. The number of benzene rings is 2. The van der Waals surface area contributed by atoms with Crippen molar-refractivity contribution in [3.8, 4) is 5.75 Å². The number of hydrogen-bond donors (Lipinski definition) is 1. The summed E-state index contributed by atoms with van der Waals surface area (Å²) in [5, 5.41) is 11.8. The minimum absolute atomic E-state index is 0.0840. The van der Waals surface area contributed by atoms with Gasteiger partial charge in [-0.05, 0) is 53.4 Å². The Balaban J connectivity index is 1.97. The summed E-state index contributed by atoms with van der Waals surface area (Å²) in [6.45, 7) is 6.12. The Kier molecular flexibility index (Phi) is 5.80. The molecule has 4 rings (SSSR count). The highest BCUT2D eigenvalue weighted by Crippen LogP contribution is 2.44. The molecule has 1 fully saturated rings. The lowest BCUT2D eigenvalue weighted by molar-refractivity contribution is -0.132. The van der Waals surface area contributed by atoms with Crippen molar-refractivity contribution in [3.05, 3.63) is 88.3 Å². The molecule has 170 valence electrons. The first-order chi connectivity index (χ1) is 15.6. The van der Waals surface area contributed by atoms with Crippen LogP contribution in [-0.4, -0.2) is 23.9 Å². The van der Waals surface area contributed by atoms with E-state index in [4.69, 9.17) is 20.8 Å². The van der Waals surface area contributed by atoms with Gasteiger partial charge in [-0.25, -0.2) is 0 Å². The normalized spacial score (nSPS) is 18.1. The highest BCUT2D eigenvalue weighted by Gasteiger charge is 2.48. The number of ether oxygens (including phenoxy) is 1. The number of furan rings is 1. The average Bonchev–Trinajstić information content (AvgIpc) is 3.39. The molecule has 1 unspecified atom stereocenters. The van der Waals surface area contributed by atoms with E-state index in [1.807, 2.05) is 26.8 Å². The molecule has 2 aromatic carbocycles. The van der Waals surface area contributed by atoms with Gasteiger partial charge in [0.1, 0.15) is 23.3 Å². The number of ketones is 1. The first kappa shape index (κ1) is 22.7. The number of rotatable bonds is 4. The Hall–Kier alpha value is -3.51. The topological polar surface area (TPSA) is 80.0 Å². The monoisotopic (exact) mass is 465 g/mol. The Labute approximate surface area is 197 Å². The average molecular weight is 466 g/mol. The minimum atomic E-state index is -0.971. The van der Waals surface area contributed by atoms with E-state index in [-0.39, 0.29) is 16.7 Å². The highest BCUT2D eigenvalue weighted by atomic mass is 35.5. The molecular weight excluding hydrogens is 442 g/mol. The summed E-state index contributed by atoms with van der Waals surface area (Å²) in [4.78, 5) is 27.7. The zero-order chi connectivity index (χ0) is 23.9. The lowest BCUT2D eigenvalue weighted by Gasteiger charge is -2.24. The molecule has 0 radical (unpaired) electrons. The second-order valence-electron chi connectivity index (χ2n) is 8.83. The van der Waals surface area contributed by atoms with E-state index >= 15 is 0 Å². The largest absolute Gasteiger partial charge is 0.507 e. The van der Waals surface area contributed by atoms with Crippen molar-refractivity contribution >= 4 is 34.7 Å². The van der Waals surface area contributed by atoms with Crippen LogP contribution >= 0.6 is 11.6 Å². The number of methoxy groups -OCH3 is 1. The zero-order valence-corrected chi connectivity index (χ0v) is 19.5. The van der Waals surface area contributed by atoms with E-state index < -0.39 is 17.7 Å². The van der Waals surface area contributed by atoms with Crippen LogP contribution in [0, 0.1) is 0 Å². The van der Waals surface area contributed by atoms with Gasteiger partial charge in [0.15, 0.2) is 0 Å². The third-order valence-electron chi connectivity index (χ3n) is 5.66. The second-order valence-corrected chi connectivity index (χ2v) is 9.27. The van der Waals surface area contributed by atoms with Crippen molar-refractivity contribution in [2.24, 2.45) is 0 Å². The van der Waals surface area contributed by atoms with E-state index in [1.165, 1.54) is 18.3 Å². The summed E-state index contributed by atoms with van der Waals surface area (Å²) in [6.07, 6.45) is 1.45. The molecule has 1 N–H and O–H groups in total. The van der Waals surface area contributed by atoms with Gasteiger partial charge in [-0.2, -0.15) is 0 Å². The van der Waals surface area contributed by atoms with Crippen LogP contribution in [-0.2, 0) is 15.0 Å². The van der Waals surface area contributed by atoms with Crippen LogP contribution < -0.4 is 9.64 Å². The third-order valence-corrected chi connectivity index (χ3v) is 5.90. The van der Waals surface area contributed by atoms with E-state index in [2.05, 4.69) is 0 Å². The van der Waals surface area contributed by atoms with Gasteiger partial charge in [-0.15, -0.1) is 0 Å². The van der Waals surface area contributed by atoms with Crippen molar-refractivity contribution in [1.82, 2.24) is 0 Å². The predicted octanol–water partition coefficient (Wildman–Crippen LogP) is 5.87. The molecule has 0 spiro atoms. The van der Waals surface area contributed by atoms with Gasteiger partial charge >= 0.3 is 0 Å². The van der Waals surface area contributed by atoms with Crippen molar-refractivity contribution in [3.63, 3.8) is 0 Å². The molecule has 1 atom stereocenters. The molecule has 3 aromatic rings. The van der Waals surface area contributed by atoms with E-state index in [0.717, 1.165) is 5.56 Å². The first-order valence-corrected chi connectivity index (χ1v) is 10.8. The molecule has 7 heteroatoms. The van der Waals surface area contributed by atoms with Gasteiger partial charge in [0.2, 0.25) is 0 Å². The fourth-order valence-electron chi connectivity index (χ4n) is 3.95. The number of hydrogen-bond acceptors (Lipinski definition) is 5. The molecule has 1 aromatic heterocycles. The molecule has 1 aliphatic rings. The van der Waals surface area contributed by atoms with Crippen LogP contribution in [0.15, 0.2) is 70.9 Å². The quantitative estimate of drug-likeness (QED) is 0.296. The maximum Gasteiger partial charge on any atom is 0.300 e. The summed E-state index contributed by atoms with van der Waals surface area (Å²) < 4.78 is 11.1. The maximum absolute atomic E-state index is 13.3. The van der Waals surface area contributed by atoms with Crippen molar-refractivity contribution in [2.75, 3.05) is 12.0 Å². The summed E-state index contributed by atoms with van der Waals surface area (Å²) in [6, 6.07) is 14.4. The van der Waals surface area contributed by atoms with Gasteiger partial charge in [0.05, 0.1) is 24.5 Å². The number of aliphatic hydroxyl groups excluding tert-OH is 1. The van der Waals surface area contributed by atoms with Crippen LogP contribution in [0.25, 0.3) is 5.76 Å². The van der Waals surface area contributed by atoms with Crippen molar-refractivity contribution in [1.29, 1.82) is 0 Å². The Morgan fingerprint density at radius 1 is 1.09 bits per heavy atom. The van der Waals surface area contributed by atoms with Gasteiger partial charge in [-0.1, -0.05) is 44.5 Å². The van der Waals surface area contributed by atoms with Crippen LogP contribution in [0.4, 0.5) is 5.69 Å². The summed E-state index contributed by atoms with van der Waals surface area (Å²) in [5.41, 5.74) is 1.38. The standard InChI is InChI=1S/C26H24ClNO5/c1-26(2,3)15-10-11-19(32-4)18(13-15)23(29)21-22(20-9-6-12-33-20)28(25(31)24(21)30)17-8-5-7-16(27)14-17/h5-14,22,29H,1-4H3/b23-21+. The maximum atomic E-state index is 13.3. The molecule has 0 bridgehead atoms. The molecule has 2 heterocycles. The SMILES string of the molecule is COc1ccc(C(C)(C)C)cc1/C(O)=C1\C(=O)C(=O)N(c2cccc(Cl)c2)C1c1ccco1. The number of aliphatic hydroxyl groups is 1. The second kappa shape index (κ2) is 8.45. The van der Waals surface area contributed by atoms with Gasteiger partial charge in [0, 0.05) is 10.7 Å². The number of carbonyl (C=O) groups is 2. The van der Waals surface area contributed by atoms with Crippen LogP contribution in [0.3, 0.4) is 0 Å². The molecule has 1 aliphatic heterocycles. The molecule has 33 heavy (non-hydrogen) atoms. The Morgan fingerprint density at radius 2 is 1.85 bits per heavy atom. The molecule has 0 saturated carbocycles. The number of nitrogens with zero attached hydrogens (tertiary/aromatic N) is 1.